The van der Waals surface area contributed by atoms with E-state index in [1.54, 1.807) is 23.1 Å². The van der Waals surface area contributed by atoms with E-state index in [0.29, 0.717) is 55.4 Å². The van der Waals surface area contributed by atoms with Gasteiger partial charge in [-0.15, -0.1) is 0 Å². The summed E-state index contributed by atoms with van der Waals surface area (Å²) in [5.74, 6) is -1.65. The van der Waals surface area contributed by atoms with E-state index in [9.17, 15) is 41.4 Å². The first kappa shape index (κ1) is 27.3. The zero-order chi connectivity index (χ0) is 27.1. The smallest absolute Gasteiger partial charge is 0.416 e. The Bertz CT molecular complexity index is 1140. The van der Waals surface area contributed by atoms with Crippen LogP contribution < -0.4 is 4.74 Å². The van der Waals surface area contributed by atoms with Gasteiger partial charge < -0.3 is 14.9 Å². The Hall–Kier alpha value is -2.79. The van der Waals surface area contributed by atoms with E-state index in [1.165, 1.54) is 6.92 Å². The van der Waals surface area contributed by atoms with Gasteiger partial charge in [-0.2, -0.15) is 26.3 Å². The second-order valence-electron chi connectivity index (χ2n) is 9.81. The first-order chi connectivity index (χ1) is 17.2. The molecule has 1 fully saturated rings. The van der Waals surface area contributed by atoms with Crippen molar-refractivity contribution in [2.24, 2.45) is 11.8 Å². The van der Waals surface area contributed by atoms with Crippen molar-refractivity contribution in [3.05, 3.63) is 64.2 Å². The number of rotatable bonds is 6. The zero-order valence-corrected chi connectivity index (χ0v) is 19.9. The van der Waals surface area contributed by atoms with Gasteiger partial charge in [-0.25, -0.2) is 0 Å². The minimum atomic E-state index is -4.77. The molecule has 1 saturated heterocycles. The lowest BCUT2D eigenvalue weighted by atomic mass is 9.89. The third-order valence-corrected chi connectivity index (χ3v) is 7.15. The van der Waals surface area contributed by atoms with Crippen LogP contribution in [-0.2, 0) is 30.1 Å². The molecule has 2 aliphatic heterocycles. The van der Waals surface area contributed by atoms with E-state index in [2.05, 4.69) is 0 Å². The highest BCUT2D eigenvalue weighted by atomic mass is 19.4. The molecule has 5 nitrogen and oxygen atoms in total. The lowest BCUT2D eigenvalue weighted by Gasteiger charge is -2.43. The number of ether oxygens (including phenoxy) is 1. The summed E-state index contributed by atoms with van der Waals surface area (Å²) < 4.78 is 85.8. The van der Waals surface area contributed by atoms with E-state index in [0.717, 1.165) is 12.0 Å². The molecule has 3 atom stereocenters. The quantitative estimate of drug-likeness (QED) is 0.469. The van der Waals surface area contributed by atoms with Crippen molar-refractivity contribution in [2.75, 3.05) is 13.1 Å². The minimum absolute atomic E-state index is 0.0300. The Morgan fingerprint density at radius 1 is 1.08 bits per heavy atom. The van der Waals surface area contributed by atoms with Crippen molar-refractivity contribution in [2.45, 2.75) is 57.3 Å². The fraction of sp³-hybridized carbons (Fsp3) is 0.500. The first-order valence-corrected chi connectivity index (χ1v) is 11.9. The van der Waals surface area contributed by atoms with E-state index in [4.69, 9.17) is 4.74 Å². The van der Waals surface area contributed by atoms with Gasteiger partial charge in [0.25, 0.3) is 0 Å². The van der Waals surface area contributed by atoms with E-state index in [-0.39, 0.29) is 18.6 Å². The van der Waals surface area contributed by atoms with Gasteiger partial charge in [-0.3, -0.25) is 9.69 Å². The molecule has 0 bridgehead atoms. The maximum atomic E-state index is 13.4. The summed E-state index contributed by atoms with van der Waals surface area (Å²) in [6, 6.07) is 6.60. The van der Waals surface area contributed by atoms with E-state index >= 15 is 0 Å². The van der Waals surface area contributed by atoms with Gasteiger partial charge in [0.05, 0.1) is 23.1 Å². The van der Waals surface area contributed by atoms with Crippen molar-refractivity contribution >= 4 is 5.97 Å². The Balaban J connectivity index is 1.45. The molecule has 0 spiro atoms. The molecule has 0 aliphatic carbocycles. The number of nitrogens with zero attached hydrogens (tertiary/aromatic N) is 1. The van der Waals surface area contributed by atoms with E-state index < -0.39 is 47.0 Å². The van der Waals surface area contributed by atoms with Crippen LogP contribution >= 0.6 is 0 Å². The molecular weight excluding hydrogens is 504 g/mol. The summed E-state index contributed by atoms with van der Waals surface area (Å²) in [6.07, 6.45) is -8.79. The fourth-order valence-corrected chi connectivity index (χ4v) is 4.94. The minimum Gasteiger partial charge on any atom is -0.490 e. The van der Waals surface area contributed by atoms with Crippen molar-refractivity contribution in [3.63, 3.8) is 0 Å². The molecule has 0 radical (unpaired) electrons. The topological polar surface area (TPSA) is 70.0 Å². The summed E-state index contributed by atoms with van der Waals surface area (Å²) in [7, 11) is 0. The van der Waals surface area contributed by atoms with Gasteiger partial charge in [-0.1, -0.05) is 12.1 Å². The maximum Gasteiger partial charge on any atom is 0.416 e. The van der Waals surface area contributed by atoms with Crippen LogP contribution in [0, 0.1) is 11.8 Å². The number of carbonyl (C=O) groups is 1. The average Bonchev–Trinajstić information content (AvgIpc) is 3.00. The number of likely N-dealkylation sites (tertiary alicyclic amines) is 1. The molecule has 2 aromatic rings. The Morgan fingerprint density at radius 3 is 2.41 bits per heavy atom. The van der Waals surface area contributed by atoms with Crippen molar-refractivity contribution in [1.82, 2.24) is 4.90 Å². The highest BCUT2D eigenvalue weighted by Crippen LogP contribution is 2.39. The number of aryl methyl sites for hydroxylation is 1. The van der Waals surface area contributed by atoms with Crippen LogP contribution in [0.5, 0.6) is 5.75 Å². The number of alkyl halides is 6. The fourth-order valence-electron chi connectivity index (χ4n) is 4.94. The molecule has 0 aromatic heterocycles. The molecule has 0 saturated carbocycles. The van der Waals surface area contributed by atoms with Crippen LogP contribution in [0.25, 0.3) is 0 Å². The molecule has 11 heteroatoms. The van der Waals surface area contributed by atoms with Crippen LogP contribution in [0.15, 0.2) is 36.4 Å². The average molecular weight is 531 g/mol. The maximum absolute atomic E-state index is 13.4. The summed E-state index contributed by atoms with van der Waals surface area (Å²) in [5.41, 5.74) is -1.29. The van der Waals surface area contributed by atoms with Crippen LogP contribution in [0.3, 0.4) is 0 Å². The predicted molar refractivity (Wildman–Crippen MR) is 121 cm³/mol. The second-order valence-corrected chi connectivity index (χ2v) is 9.81. The van der Waals surface area contributed by atoms with Crippen LogP contribution in [0.2, 0.25) is 0 Å². The molecule has 2 aromatic carbocycles. The molecule has 1 unspecified atom stereocenters. The third-order valence-electron chi connectivity index (χ3n) is 7.15. The standard InChI is InChI=1S/C26H27F6NO4/c1-14(24(35)36)23(34)16-6-5-15-3-2-4-21(37-22(15)10-16)18-12-33(13-18)11-17-9-19(25(27,28)29)7-8-20(17)26(30,31)32/h5-10,14,18,21,23,34H,2-4,11-13H2,1H3,(H,35,36)/t14-,21?,23+/m0/s1. The van der Waals surface area contributed by atoms with Gasteiger partial charge in [0, 0.05) is 25.6 Å². The second kappa shape index (κ2) is 10.2. The van der Waals surface area contributed by atoms with Crippen molar-refractivity contribution in [1.29, 1.82) is 0 Å². The zero-order valence-electron chi connectivity index (χ0n) is 19.9. The summed E-state index contributed by atoms with van der Waals surface area (Å²) in [6.45, 7) is 1.87. The largest absolute Gasteiger partial charge is 0.490 e. The summed E-state index contributed by atoms with van der Waals surface area (Å²) in [4.78, 5) is 12.9. The highest BCUT2D eigenvalue weighted by molar-refractivity contribution is 5.70. The van der Waals surface area contributed by atoms with Gasteiger partial charge in [0.1, 0.15) is 11.9 Å². The van der Waals surface area contributed by atoms with Crippen molar-refractivity contribution in [3.8, 4) is 5.75 Å². The normalized spacial score (nSPS) is 20.8. The van der Waals surface area contributed by atoms with Crippen molar-refractivity contribution < 1.29 is 46.1 Å². The van der Waals surface area contributed by atoms with Crippen LogP contribution in [0.1, 0.15) is 53.7 Å². The predicted octanol–water partition coefficient (Wildman–Crippen LogP) is 5.69. The molecule has 2 aliphatic rings. The number of halogens is 6. The van der Waals surface area contributed by atoms with Crippen LogP contribution in [0.4, 0.5) is 26.3 Å². The first-order valence-electron chi connectivity index (χ1n) is 11.9. The van der Waals surface area contributed by atoms with E-state index in [1.807, 2.05) is 0 Å². The number of aliphatic hydroxyl groups excluding tert-OH is 1. The monoisotopic (exact) mass is 531 g/mol. The SMILES string of the molecule is C[C@H](C(=O)O)[C@@H](O)c1ccc2c(c1)OC(C1CN(Cc3cc(C(F)(F)F)ccc3C(F)(F)F)C1)CCC2. The molecule has 202 valence electrons. The number of hydrogen-bond donors (Lipinski definition) is 2. The number of aliphatic carboxylic acids is 1. The number of hydrogen-bond acceptors (Lipinski definition) is 4. The third kappa shape index (κ3) is 6.04. The molecule has 37 heavy (non-hydrogen) atoms. The Labute approximate surface area is 209 Å². The summed E-state index contributed by atoms with van der Waals surface area (Å²) in [5, 5.41) is 19.6. The Kier molecular flexibility index (Phi) is 7.49. The molecule has 4 rings (SSSR count). The number of benzene rings is 2. The van der Waals surface area contributed by atoms with Gasteiger partial charge >= 0.3 is 18.3 Å². The molecule has 2 heterocycles. The number of fused-ring (bicyclic) bond motifs is 1. The van der Waals surface area contributed by atoms with Gasteiger partial charge in [-0.05, 0) is 67.1 Å². The van der Waals surface area contributed by atoms with Crippen LogP contribution in [-0.4, -0.2) is 40.3 Å². The number of carboxylic acid groups (broad SMARTS) is 1. The Morgan fingerprint density at radius 2 is 1.78 bits per heavy atom. The molecule has 0 amide bonds. The lowest BCUT2D eigenvalue weighted by molar-refractivity contribution is -0.145. The van der Waals surface area contributed by atoms with Gasteiger partial charge in [0.2, 0.25) is 0 Å². The number of carboxylic acids is 1. The summed E-state index contributed by atoms with van der Waals surface area (Å²) >= 11 is 0. The molecular formula is C26H27F6NO4. The molecule has 2 N–H and O–H groups in total. The lowest BCUT2D eigenvalue weighted by Crippen LogP contribution is -2.52. The number of aliphatic hydroxyl groups is 1. The van der Waals surface area contributed by atoms with Gasteiger partial charge in [0.15, 0.2) is 0 Å². The highest BCUT2D eigenvalue weighted by Gasteiger charge is 2.40.